The molecule has 324 valence electrons. The van der Waals surface area contributed by atoms with Crippen LogP contribution in [-0.2, 0) is 16.2 Å². The van der Waals surface area contributed by atoms with E-state index in [0.717, 1.165) is 34.0 Å². The van der Waals surface area contributed by atoms with Crippen molar-refractivity contribution >= 4 is 40.2 Å². The highest BCUT2D eigenvalue weighted by Gasteiger charge is 2.38. The molecule has 9 rings (SSSR count). The minimum absolute atomic E-state index is 0.132. The van der Waals surface area contributed by atoms with Gasteiger partial charge in [0.25, 0.3) is 0 Å². The molecule has 1 aliphatic rings. The lowest BCUT2D eigenvalue weighted by molar-refractivity contribution is 0.640. The second-order valence-electron chi connectivity index (χ2n) is 19.9. The summed E-state index contributed by atoms with van der Waals surface area (Å²) in [7, 11) is 0. The first-order valence-corrected chi connectivity index (χ1v) is 23.1. The van der Waals surface area contributed by atoms with Crippen LogP contribution in [0, 0.1) is 27.7 Å². The Morgan fingerprint density at radius 2 is 0.831 bits per heavy atom. The third-order valence-corrected chi connectivity index (χ3v) is 14.3. The van der Waals surface area contributed by atoms with Crippen LogP contribution in [0.25, 0.3) is 17.2 Å². The zero-order chi connectivity index (χ0) is 45.8. The lowest BCUT2D eigenvalue weighted by Crippen LogP contribution is -2.20. The molecule has 0 fully saturated rings. The molecular formula is C63H62N2. The van der Waals surface area contributed by atoms with E-state index in [9.17, 15) is 0 Å². The summed E-state index contributed by atoms with van der Waals surface area (Å²) in [4.78, 5) is 4.86. The summed E-state index contributed by atoms with van der Waals surface area (Å²) < 4.78 is 0. The summed E-state index contributed by atoms with van der Waals surface area (Å²) in [6.07, 6.45) is 1.90. The second-order valence-corrected chi connectivity index (χ2v) is 19.9. The first kappa shape index (κ1) is 43.4. The van der Waals surface area contributed by atoms with Gasteiger partial charge in [-0.15, -0.1) is 0 Å². The number of aryl methyl sites for hydroxylation is 4. The van der Waals surface area contributed by atoms with Crippen LogP contribution < -0.4 is 9.80 Å². The van der Waals surface area contributed by atoms with Gasteiger partial charge in [0.05, 0.1) is 0 Å². The molecule has 2 nitrogen and oxygen atoms in total. The standard InChI is InChI=1S/C63H62N2/c1-12-46-21-25-48(26-22-46)62(8,9)50-27-31-51(32-28-50)64(53-17-13-15-43(3)37-53)55-35-36-57-58(40-55)63(10,11)59-41-56(39-45(5)60(57)59)65(54-18-14-16-44(4)38-54)52-33-29-49(30-34-52)61(6,7)47-23-19-42(2)20-24-47/h12-41H,1H2,2-11H3. The number of benzene rings is 8. The maximum atomic E-state index is 3.95. The van der Waals surface area contributed by atoms with Crippen molar-refractivity contribution in [3.05, 3.63) is 244 Å². The van der Waals surface area contributed by atoms with Gasteiger partial charge in [0.15, 0.2) is 0 Å². The number of nitrogens with zero attached hydrogens (tertiary/aromatic N) is 2. The predicted octanol–water partition coefficient (Wildman–Crippen LogP) is 17.5. The number of rotatable bonds is 11. The van der Waals surface area contributed by atoms with E-state index in [-0.39, 0.29) is 16.2 Å². The third-order valence-electron chi connectivity index (χ3n) is 14.3. The molecule has 8 aromatic rings. The highest BCUT2D eigenvalue weighted by Crippen LogP contribution is 2.54. The van der Waals surface area contributed by atoms with Crippen LogP contribution in [-0.4, -0.2) is 0 Å². The second kappa shape index (κ2) is 16.6. The van der Waals surface area contributed by atoms with Crippen molar-refractivity contribution in [2.24, 2.45) is 0 Å². The van der Waals surface area contributed by atoms with E-state index < -0.39 is 0 Å². The molecule has 0 atom stereocenters. The quantitative estimate of drug-likeness (QED) is 0.128. The highest BCUT2D eigenvalue weighted by molar-refractivity contribution is 5.90. The zero-order valence-corrected chi connectivity index (χ0v) is 39.9. The number of hydrogen-bond acceptors (Lipinski definition) is 2. The molecule has 0 unspecified atom stereocenters. The van der Waals surface area contributed by atoms with E-state index in [1.807, 2.05) is 6.08 Å². The molecule has 8 aromatic carbocycles. The third kappa shape index (κ3) is 7.90. The molecule has 0 bridgehead atoms. The fourth-order valence-electron chi connectivity index (χ4n) is 10.1. The van der Waals surface area contributed by atoms with Crippen LogP contribution in [0.15, 0.2) is 183 Å². The molecule has 0 amide bonds. The summed E-state index contributed by atoms with van der Waals surface area (Å²) in [5.41, 5.74) is 23.0. The molecule has 0 saturated heterocycles. The first-order chi connectivity index (χ1) is 31.1. The Labute approximate surface area is 388 Å². The number of fused-ring (bicyclic) bond motifs is 3. The van der Waals surface area contributed by atoms with Crippen LogP contribution in [0.5, 0.6) is 0 Å². The summed E-state index contributed by atoms with van der Waals surface area (Å²) in [5.74, 6) is 0. The maximum absolute atomic E-state index is 3.95. The number of anilines is 6. The van der Waals surface area contributed by atoms with E-state index in [2.05, 4.69) is 262 Å². The Morgan fingerprint density at radius 3 is 1.31 bits per heavy atom. The van der Waals surface area contributed by atoms with Crippen molar-refractivity contribution in [3.8, 4) is 11.1 Å². The minimum Gasteiger partial charge on any atom is -0.310 e. The molecule has 2 heteroatoms. The minimum atomic E-state index is -0.255. The van der Waals surface area contributed by atoms with Gasteiger partial charge in [-0.05, 0) is 167 Å². The molecule has 0 spiro atoms. The average molecular weight is 847 g/mol. The molecule has 65 heavy (non-hydrogen) atoms. The largest absolute Gasteiger partial charge is 0.310 e. The van der Waals surface area contributed by atoms with Crippen molar-refractivity contribution in [2.75, 3.05) is 9.80 Å². The van der Waals surface area contributed by atoms with Crippen molar-refractivity contribution in [3.63, 3.8) is 0 Å². The van der Waals surface area contributed by atoms with E-state index in [1.54, 1.807) is 0 Å². The molecule has 0 aliphatic heterocycles. The van der Waals surface area contributed by atoms with E-state index in [0.29, 0.717) is 0 Å². The van der Waals surface area contributed by atoms with Gasteiger partial charge >= 0.3 is 0 Å². The molecule has 0 heterocycles. The Bertz CT molecular complexity index is 3040. The molecule has 0 saturated carbocycles. The topological polar surface area (TPSA) is 6.48 Å². The van der Waals surface area contributed by atoms with Gasteiger partial charge in [-0.2, -0.15) is 0 Å². The van der Waals surface area contributed by atoms with Crippen LogP contribution in [0.2, 0.25) is 0 Å². The van der Waals surface area contributed by atoms with E-state index >= 15 is 0 Å². The van der Waals surface area contributed by atoms with Crippen molar-refractivity contribution in [2.45, 2.75) is 85.5 Å². The Hall–Kier alpha value is -6.90. The Balaban J connectivity index is 1.10. The van der Waals surface area contributed by atoms with Crippen LogP contribution in [0.4, 0.5) is 34.1 Å². The summed E-state index contributed by atoms with van der Waals surface area (Å²) in [6, 6.07) is 65.9. The van der Waals surface area contributed by atoms with Gasteiger partial charge in [-0.1, -0.05) is 163 Å². The van der Waals surface area contributed by atoms with Crippen molar-refractivity contribution in [1.29, 1.82) is 0 Å². The predicted molar refractivity (Wildman–Crippen MR) is 280 cm³/mol. The first-order valence-electron chi connectivity index (χ1n) is 23.1. The van der Waals surface area contributed by atoms with Gasteiger partial charge in [-0.3, -0.25) is 0 Å². The van der Waals surface area contributed by atoms with E-state index in [1.165, 1.54) is 72.4 Å². The lowest BCUT2D eigenvalue weighted by atomic mass is 9.78. The van der Waals surface area contributed by atoms with Gasteiger partial charge in [0.2, 0.25) is 0 Å². The smallest absolute Gasteiger partial charge is 0.0467 e. The van der Waals surface area contributed by atoms with Crippen LogP contribution in [0.1, 0.15) is 103 Å². The summed E-state index contributed by atoms with van der Waals surface area (Å²) in [6.45, 7) is 26.8. The normalized spacial score (nSPS) is 13.0. The number of hydrogen-bond donors (Lipinski definition) is 0. The van der Waals surface area contributed by atoms with Crippen molar-refractivity contribution in [1.82, 2.24) is 0 Å². The molecule has 0 N–H and O–H groups in total. The summed E-state index contributed by atoms with van der Waals surface area (Å²) >= 11 is 0. The fraction of sp³-hybridized carbons (Fsp3) is 0.206. The van der Waals surface area contributed by atoms with Crippen LogP contribution >= 0.6 is 0 Å². The summed E-state index contributed by atoms with van der Waals surface area (Å²) in [5, 5.41) is 0. The Kier molecular flexibility index (Phi) is 11.1. The van der Waals surface area contributed by atoms with Gasteiger partial charge in [-0.25, -0.2) is 0 Å². The molecule has 1 aliphatic carbocycles. The Morgan fingerprint density at radius 1 is 0.415 bits per heavy atom. The van der Waals surface area contributed by atoms with Gasteiger partial charge in [0, 0.05) is 50.4 Å². The molecule has 0 aromatic heterocycles. The monoisotopic (exact) mass is 846 g/mol. The molecular weight excluding hydrogens is 785 g/mol. The van der Waals surface area contributed by atoms with Crippen molar-refractivity contribution < 1.29 is 0 Å². The van der Waals surface area contributed by atoms with E-state index in [4.69, 9.17) is 0 Å². The SMILES string of the molecule is C=Cc1ccc(C(C)(C)c2ccc(N(c3cccc(C)c3)c3ccc4c(c3)C(C)(C)c3cc(N(c5ccc(C(C)(C)c6ccc(C)cc6)cc5)c5cccc(C)c5)cc(C)c3-4)cc2)cc1. The lowest BCUT2D eigenvalue weighted by Gasteiger charge is -2.31. The van der Waals surface area contributed by atoms with Gasteiger partial charge in [0.1, 0.15) is 0 Å². The van der Waals surface area contributed by atoms with Crippen LogP contribution in [0.3, 0.4) is 0 Å². The zero-order valence-electron chi connectivity index (χ0n) is 39.9. The fourth-order valence-corrected chi connectivity index (χ4v) is 10.1. The maximum Gasteiger partial charge on any atom is 0.0467 e. The highest BCUT2D eigenvalue weighted by atomic mass is 15.1. The van der Waals surface area contributed by atoms with Gasteiger partial charge < -0.3 is 9.80 Å². The molecule has 0 radical (unpaired) electrons. The average Bonchev–Trinajstić information content (AvgIpc) is 3.52.